The first-order valence-corrected chi connectivity index (χ1v) is 10.7. The molecule has 0 atom stereocenters. The highest BCUT2D eigenvalue weighted by Gasteiger charge is 2.15. The van der Waals surface area contributed by atoms with Gasteiger partial charge in [-0.25, -0.2) is 4.98 Å². The molecule has 3 aromatic carbocycles. The highest BCUT2D eigenvalue weighted by Crippen LogP contribution is 2.29. The first-order valence-electron chi connectivity index (χ1n) is 9.93. The molecule has 0 radical (unpaired) electrons. The molecule has 4 aromatic rings. The summed E-state index contributed by atoms with van der Waals surface area (Å²) >= 11 is 12.2. The Morgan fingerprint density at radius 1 is 0.933 bits per heavy atom. The van der Waals surface area contributed by atoms with Crippen LogP contribution in [0, 0.1) is 0 Å². The van der Waals surface area contributed by atoms with E-state index >= 15 is 0 Å². The molecule has 0 fully saturated rings. The highest BCUT2D eigenvalue weighted by atomic mass is 35.5. The largest absolute Gasteiger partial charge is 0.484 e. The van der Waals surface area contributed by atoms with Crippen LogP contribution in [-0.4, -0.2) is 9.55 Å². The number of fused-ring (bicyclic) bond motifs is 1. The van der Waals surface area contributed by atoms with Crippen LogP contribution >= 0.6 is 23.2 Å². The van der Waals surface area contributed by atoms with E-state index in [1.165, 1.54) is 11.1 Å². The van der Waals surface area contributed by atoms with E-state index in [-0.39, 0.29) is 5.41 Å². The number of imidazole rings is 1. The molecule has 0 aliphatic heterocycles. The zero-order chi connectivity index (χ0) is 21.3. The molecule has 0 saturated heterocycles. The SMILES string of the molecule is CC(C)(C)c1ccc(Cn2c(COc3ccc(Cl)cc3Cl)nc3ccccc32)cc1. The number of rotatable bonds is 5. The standard InChI is InChI=1S/C25H24Cl2N2O/c1-25(2,3)18-10-8-17(9-11-18)15-29-22-7-5-4-6-21(22)28-24(29)16-30-23-13-12-19(26)14-20(23)27/h4-14H,15-16H2,1-3H3. The summed E-state index contributed by atoms with van der Waals surface area (Å²) in [5.74, 6) is 1.44. The van der Waals surface area contributed by atoms with E-state index in [9.17, 15) is 0 Å². The van der Waals surface area contributed by atoms with Gasteiger partial charge in [-0.1, -0.05) is 80.4 Å². The first-order chi connectivity index (χ1) is 14.3. The summed E-state index contributed by atoms with van der Waals surface area (Å²) in [5, 5.41) is 1.07. The molecule has 0 aliphatic rings. The summed E-state index contributed by atoms with van der Waals surface area (Å²) in [4.78, 5) is 4.80. The van der Waals surface area contributed by atoms with Gasteiger partial charge >= 0.3 is 0 Å². The smallest absolute Gasteiger partial charge is 0.148 e. The maximum atomic E-state index is 6.26. The fourth-order valence-electron chi connectivity index (χ4n) is 3.44. The fraction of sp³-hybridized carbons (Fsp3) is 0.240. The molecule has 0 bridgehead atoms. The van der Waals surface area contributed by atoms with Crippen LogP contribution < -0.4 is 4.74 Å². The molecule has 0 spiro atoms. The molecule has 4 rings (SSSR count). The van der Waals surface area contributed by atoms with Gasteiger partial charge in [0.2, 0.25) is 0 Å². The molecule has 0 aliphatic carbocycles. The van der Waals surface area contributed by atoms with Crippen molar-refractivity contribution in [2.75, 3.05) is 0 Å². The lowest BCUT2D eigenvalue weighted by Gasteiger charge is -2.19. The fourth-order valence-corrected chi connectivity index (χ4v) is 3.90. The molecule has 1 heterocycles. The molecule has 1 aromatic heterocycles. The molecular weight excluding hydrogens is 415 g/mol. The van der Waals surface area contributed by atoms with Gasteiger partial charge in [-0.15, -0.1) is 0 Å². The highest BCUT2D eigenvalue weighted by molar-refractivity contribution is 6.35. The quantitative estimate of drug-likeness (QED) is 0.327. The van der Waals surface area contributed by atoms with Crippen LogP contribution in [0.25, 0.3) is 11.0 Å². The van der Waals surface area contributed by atoms with Crippen molar-refractivity contribution >= 4 is 34.2 Å². The Bertz CT molecular complexity index is 1170. The molecule has 5 heteroatoms. The second-order valence-corrected chi connectivity index (χ2v) is 9.26. The van der Waals surface area contributed by atoms with Crippen LogP contribution in [-0.2, 0) is 18.6 Å². The Hall–Kier alpha value is -2.49. The summed E-state index contributed by atoms with van der Waals surface area (Å²) in [7, 11) is 0. The summed E-state index contributed by atoms with van der Waals surface area (Å²) < 4.78 is 8.18. The van der Waals surface area contributed by atoms with Crippen molar-refractivity contribution in [3.63, 3.8) is 0 Å². The van der Waals surface area contributed by atoms with Gasteiger partial charge in [0, 0.05) is 11.6 Å². The Balaban J connectivity index is 1.63. The summed E-state index contributed by atoms with van der Waals surface area (Å²) in [6.07, 6.45) is 0. The molecule has 0 saturated carbocycles. The monoisotopic (exact) mass is 438 g/mol. The summed E-state index contributed by atoms with van der Waals surface area (Å²) in [6, 6.07) is 22.2. The van der Waals surface area contributed by atoms with Crippen molar-refractivity contribution in [3.05, 3.63) is 93.7 Å². The van der Waals surface area contributed by atoms with Gasteiger partial charge in [0.15, 0.2) is 0 Å². The van der Waals surface area contributed by atoms with Crippen LogP contribution in [0.3, 0.4) is 0 Å². The zero-order valence-corrected chi connectivity index (χ0v) is 18.8. The Morgan fingerprint density at radius 3 is 2.37 bits per heavy atom. The zero-order valence-electron chi connectivity index (χ0n) is 17.3. The van der Waals surface area contributed by atoms with Crippen molar-refractivity contribution in [3.8, 4) is 5.75 Å². The van der Waals surface area contributed by atoms with E-state index in [4.69, 9.17) is 32.9 Å². The van der Waals surface area contributed by atoms with E-state index in [0.717, 1.165) is 23.4 Å². The van der Waals surface area contributed by atoms with Crippen LogP contribution in [0.5, 0.6) is 5.75 Å². The first kappa shape index (κ1) is 20.8. The lowest BCUT2D eigenvalue weighted by atomic mass is 9.87. The third-order valence-corrected chi connectivity index (χ3v) is 5.68. The minimum absolute atomic E-state index is 0.136. The van der Waals surface area contributed by atoms with E-state index in [1.807, 2.05) is 18.2 Å². The molecule has 0 amide bonds. The predicted octanol–water partition coefficient (Wildman–Crippen LogP) is 7.27. The number of aromatic nitrogens is 2. The van der Waals surface area contributed by atoms with Crippen molar-refractivity contribution in [2.45, 2.75) is 39.3 Å². The molecule has 0 unspecified atom stereocenters. The second kappa shape index (κ2) is 8.33. The average Bonchev–Trinajstić information content (AvgIpc) is 3.05. The number of para-hydroxylation sites is 2. The van der Waals surface area contributed by atoms with Gasteiger partial charge in [0.25, 0.3) is 0 Å². The Labute approximate surface area is 187 Å². The third kappa shape index (κ3) is 4.48. The molecule has 0 N–H and O–H groups in total. The second-order valence-electron chi connectivity index (χ2n) is 8.41. The number of hydrogen-bond acceptors (Lipinski definition) is 2. The van der Waals surface area contributed by atoms with Crippen LogP contribution in [0.2, 0.25) is 10.0 Å². The van der Waals surface area contributed by atoms with Crippen LogP contribution in [0.4, 0.5) is 0 Å². The van der Waals surface area contributed by atoms with E-state index < -0.39 is 0 Å². The van der Waals surface area contributed by atoms with Crippen LogP contribution in [0.15, 0.2) is 66.7 Å². The van der Waals surface area contributed by atoms with Crippen molar-refractivity contribution in [1.82, 2.24) is 9.55 Å². The summed E-state index contributed by atoms with van der Waals surface area (Å²) in [6.45, 7) is 7.71. The van der Waals surface area contributed by atoms with Gasteiger partial charge in [-0.3, -0.25) is 0 Å². The van der Waals surface area contributed by atoms with Crippen LogP contribution in [0.1, 0.15) is 37.7 Å². The topological polar surface area (TPSA) is 27.1 Å². The lowest BCUT2D eigenvalue weighted by molar-refractivity contribution is 0.291. The third-order valence-electron chi connectivity index (χ3n) is 5.14. The maximum Gasteiger partial charge on any atom is 0.148 e. The molecular formula is C25H24Cl2N2O. The number of benzene rings is 3. The minimum Gasteiger partial charge on any atom is -0.484 e. The normalized spacial score (nSPS) is 11.8. The number of nitrogens with zero attached hydrogens (tertiary/aromatic N) is 2. The Kier molecular flexibility index (Phi) is 5.77. The van der Waals surface area contributed by atoms with Gasteiger partial charge < -0.3 is 9.30 Å². The van der Waals surface area contributed by atoms with Crippen molar-refractivity contribution in [1.29, 1.82) is 0 Å². The minimum atomic E-state index is 0.136. The van der Waals surface area contributed by atoms with Gasteiger partial charge in [-0.05, 0) is 46.9 Å². The van der Waals surface area contributed by atoms with Gasteiger partial charge in [0.1, 0.15) is 18.2 Å². The predicted molar refractivity (Wildman–Crippen MR) is 125 cm³/mol. The maximum absolute atomic E-state index is 6.26. The summed E-state index contributed by atoms with van der Waals surface area (Å²) in [5.41, 5.74) is 4.71. The number of ether oxygens (including phenoxy) is 1. The van der Waals surface area contributed by atoms with E-state index in [0.29, 0.717) is 22.4 Å². The Morgan fingerprint density at radius 2 is 1.67 bits per heavy atom. The van der Waals surface area contributed by atoms with E-state index in [2.05, 4.69) is 55.7 Å². The van der Waals surface area contributed by atoms with Gasteiger partial charge in [-0.2, -0.15) is 0 Å². The lowest BCUT2D eigenvalue weighted by Crippen LogP contribution is -2.12. The van der Waals surface area contributed by atoms with Gasteiger partial charge in [0.05, 0.1) is 16.1 Å². The average molecular weight is 439 g/mol. The molecule has 3 nitrogen and oxygen atoms in total. The molecule has 30 heavy (non-hydrogen) atoms. The van der Waals surface area contributed by atoms with Crippen molar-refractivity contribution < 1.29 is 4.74 Å². The molecule has 154 valence electrons. The number of halogens is 2. The number of hydrogen-bond donors (Lipinski definition) is 0. The van der Waals surface area contributed by atoms with Crippen molar-refractivity contribution in [2.24, 2.45) is 0 Å². The van der Waals surface area contributed by atoms with E-state index in [1.54, 1.807) is 18.2 Å².